The maximum Gasteiger partial charge on any atom is 0.313 e. The summed E-state index contributed by atoms with van der Waals surface area (Å²) >= 11 is 3.33. The SMILES string of the molecule is C[C@H]1OC(=O)[C@]2(CCC(=O)OC(C)(C)C)CC(F)(F)[C@@H](C)[C@H](C=Cc3ccc(Br)cn3)[C@H]12. The zero-order valence-corrected chi connectivity index (χ0v) is 20.6. The first-order valence-electron chi connectivity index (χ1n) is 10.9. The zero-order chi connectivity index (χ0) is 23.9. The molecule has 0 N–H and O–H groups in total. The number of nitrogens with zero attached hydrogens (tertiary/aromatic N) is 1. The van der Waals surface area contributed by atoms with Crippen LogP contribution in [0.5, 0.6) is 0 Å². The number of rotatable bonds is 5. The highest BCUT2D eigenvalue weighted by Gasteiger charge is 2.67. The number of pyridine rings is 1. The number of alkyl halides is 2. The normalized spacial score (nSPS) is 31.9. The van der Waals surface area contributed by atoms with Gasteiger partial charge in [-0.05, 0) is 74.2 Å². The van der Waals surface area contributed by atoms with E-state index in [1.807, 2.05) is 6.07 Å². The van der Waals surface area contributed by atoms with Gasteiger partial charge in [-0.3, -0.25) is 14.6 Å². The van der Waals surface area contributed by atoms with Crippen molar-refractivity contribution in [3.63, 3.8) is 0 Å². The van der Waals surface area contributed by atoms with E-state index in [0.717, 1.165) is 4.47 Å². The molecule has 0 unspecified atom stereocenters. The molecule has 0 aromatic carbocycles. The quantitative estimate of drug-likeness (QED) is 0.464. The molecule has 32 heavy (non-hydrogen) atoms. The second kappa shape index (κ2) is 8.84. The average molecular weight is 514 g/mol. The number of ether oxygens (including phenoxy) is 2. The number of carbonyl (C=O) groups excluding carboxylic acids is 2. The van der Waals surface area contributed by atoms with Crippen LogP contribution >= 0.6 is 15.9 Å². The molecule has 1 saturated heterocycles. The van der Waals surface area contributed by atoms with Crippen molar-refractivity contribution >= 4 is 33.9 Å². The molecule has 0 spiro atoms. The molecule has 8 heteroatoms. The molecule has 0 amide bonds. The van der Waals surface area contributed by atoms with Crippen LogP contribution in [-0.2, 0) is 19.1 Å². The summed E-state index contributed by atoms with van der Waals surface area (Å²) in [6, 6.07) is 3.60. The largest absolute Gasteiger partial charge is 0.462 e. The lowest BCUT2D eigenvalue weighted by molar-refractivity contribution is -0.175. The molecule has 5 atom stereocenters. The van der Waals surface area contributed by atoms with Crippen molar-refractivity contribution in [2.75, 3.05) is 0 Å². The Kier molecular flexibility index (Phi) is 6.85. The minimum Gasteiger partial charge on any atom is -0.462 e. The number of fused-ring (bicyclic) bond motifs is 1. The second-order valence-electron chi connectivity index (χ2n) is 9.94. The lowest BCUT2D eigenvalue weighted by atomic mass is 9.55. The van der Waals surface area contributed by atoms with Gasteiger partial charge in [0, 0.05) is 35.3 Å². The minimum absolute atomic E-state index is 0.0288. The van der Waals surface area contributed by atoms with Crippen LogP contribution in [0.1, 0.15) is 59.6 Å². The summed E-state index contributed by atoms with van der Waals surface area (Å²) in [4.78, 5) is 29.5. The van der Waals surface area contributed by atoms with Crippen molar-refractivity contribution in [1.82, 2.24) is 4.98 Å². The van der Waals surface area contributed by atoms with Gasteiger partial charge in [-0.15, -0.1) is 0 Å². The van der Waals surface area contributed by atoms with Crippen LogP contribution in [0.15, 0.2) is 28.9 Å². The lowest BCUT2D eigenvalue weighted by Gasteiger charge is -2.47. The van der Waals surface area contributed by atoms with E-state index in [-0.39, 0.29) is 12.8 Å². The molecule has 2 fully saturated rings. The van der Waals surface area contributed by atoms with Crippen molar-refractivity contribution < 1.29 is 27.8 Å². The van der Waals surface area contributed by atoms with Gasteiger partial charge in [0.2, 0.25) is 0 Å². The van der Waals surface area contributed by atoms with Crippen LogP contribution in [0.25, 0.3) is 6.08 Å². The number of halogens is 3. The number of hydrogen-bond donors (Lipinski definition) is 0. The van der Waals surface area contributed by atoms with Gasteiger partial charge in [0.25, 0.3) is 5.92 Å². The van der Waals surface area contributed by atoms with Gasteiger partial charge < -0.3 is 9.47 Å². The summed E-state index contributed by atoms with van der Waals surface area (Å²) in [5, 5.41) is 0. The molecule has 2 heterocycles. The van der Waals surface area contributed by atoms with E-state index in [1.165, 1.54) is 6.92 Å². The molecule has 0 radical (unpaired) electrons. The standard InChI is InChI=1S/C24H30BrF2NO4/c1-14-18(9-8-17-7-6-16(25)12-28-17)20-15(2)31-21(30)23(20,13-24(14,26)27)11-10-19(29)32-22(3,4)5/h6-9,12,14-15,18,20H,10-11,13H2,1-5H3/t14-,15+,18-,20-,23+/m0/s1. The van der Waals surface area contributed by atoms with Crippen molar-refractivity contribution in [3.05, 3.63) is 34.6 Å². The van der Waals surface area contributed by atoms with Gasteiger partial charge >= 0.3 is 11.9 Å². The predicted octanol–water partition coefficient (Wildman–Crippen LogP) is 5.82. The zero-order valence-electron chi connectivity index (χ0n) is 19.0. The summed E-state index contributed by atoms with van der Waals surface area (Å²) in [5.74, 6) is -6.33. The summed E-state index contributed by atoms with van der Waals surface area (Å²) < 4.78 is 42.1. The fourth-order valence-corrected chi connectivity index (χ4v) is 5.28. The first-order chi connectivity index (χ1) is 14.7. The number of hydrogen-bond acceptors (Lipinski definition) is 5. The van der Waals surface area contributed by atoms with E-state index in [4.69, 9.17) is 9.47 Å². The maximum absolute atomic E-state index is 15.2. The van der Waals surface area contributed by atoms with Gasteiger partial charge in [0.15, 0.2) is 0 Å². The molecule has 1 aliphatic carbocycles. The molecule has 3 rings (SSSR count). The molecule has 2 aliphatic rings. The van der Waals surface area contributed by atoms with Crippen LogP contribution < -0.4 is 0 Å². The summed E-state index contributed by atoms with van der Waals surface area (Å²) in [6.07, 6.45) is 3.76. The molecule has 0 bridgehead atoms. The molecule has 1 aromatic rings. The van der Waals surface area contributed by atoms with Gasteiger partial charge in [-0.2, -0.15) is 0 Å². The van der Waals surface area contributed by atoms with E-state index in [0.29, 0.717) is 5.69 Å². The van der Waals surface area contributed by atoms with E-state index < -0.39 is 59.2 Å². The third-order valence-corrected chi connectivity index (χ3v) is 6.96. The fraction of sp³-hybridized carbons (Fsp3) is 0.625. The molecular formula is C24H30BrF2NO4. The van der Waals surface area contributed by atoms with Crippen LogP contribution in [-0.4, -0.2) is 34.6 Å². The predicted molar refractivity (Wildman–Crippen MR) is 120 cm³/mol. The average Bonchev–Trinajstić information content (AvgIpc) is 2.90. The number of allylic oxidation sites excluding steroid dienone is 1. The van der Waals surface area contributed by atoms with E-state index in [1.54, 1.807) is 52.1 Å². The third-order valence-electron chi connectivity index (χ3n) is 6.49. The van der Waals surface area contributed by atoms with Gasteiger partial charge in [-0.1, -0.05) is 13.0 Å². The number of esters is 2. The van der Waals surface area contributed by atoms with Crippen molar-refractivity contribution in [3.8, 4) is 0 Å². The number of cyclic esters (lactones) is 1. The Morgan fingerprint density at radius 1 is 1.34 bits per heavy atom. The van der Waals surface area contributed by atoms with E-state index in [2.05, 4.69) is 20.9 Å². The molecular weight excluding hydrogens is 484 g/mol. The summed E-state index contributed by atoms with van der Waals surface area (Å²) in [5.41, 5.74) is -1.49. The highest BCUT2D eigenvalue weighted by atomic mass is 79.9. The summed E-state index contributed by atoms with van der Waals surface area (Å²) in [7, 11) is 0. The topological polar surface area (TPSA) is 65.5 Å². The van der Waals surface area contributed by atoms with Crippen LogP contribution in [0.2, 0.25) is 0 Å². The highest BCUT2D eigenvalue weighted by Crippen LogP contribution is 2.61. The smallest absolute Gasteiger partial charge is 0.313 e. The molecule has 176 valence electrons. The van der Waals surface area contributed by atoms with Gasteiger partial charge in [0.05, 0.1) is 11.1 Å². The molecule has 5 nitrogen and oxygen atoms in total. The molecule has 1 saturated carbocycles. The van der Waals surface area contributed by atoms with E-state index in [9.17, 15) is 9.59 Å². The van der Waals surface area contributed by atoms with Crippen molar-refractivity contribution in [2.45, 2.75) is 71.5 Å². The summed E-state index contributed by atoms with van der Waals surface area (Å²) in [6.45, 7) is 8.48. The fourth-order valence-electron chi connectivity index (χ4n) is 5.05. The first kappa shape index (κ1) is 24.8. The minimum atomic E-state index is -3.09. The first-order valence-corrected chi connectivity index (χ1v) is 11.6. The van der Waals surface area contributed by atoms with Gasteiger partial charge in [0.1, 0.15) is 11.7 Å². The molecule has 1 aliphatic heterocycles. The van der Waals surface area contributed by atoms with E-state index >= 15 is 8.78 Å². The number of carbonyl (C=O) groups is 2. The Hall–Kier alpha value is -1.83. The van der Waals surface area contributed by atoms with Crippen LogP contribution in [0.4, 0.5) is 8.78 Å². The molecule has 1 aromatic heterocycles. The Morgan fingerprint density at radius 2 is 2.03 bits per heavy atom. The maximum atomic E-state index is 15.2. The Morgan fingerprint density at radius 3 is 2.62 bits per heavy atom. The Labute approximate surface area is 196 Å². The second-order valence-corrected chi connectivity index (χ2v) is 10.9. The Bertz CT molecular complexity index is 896. The van der Waals surface area contributed by atoms with Gasteiger partial charge in [-0.25, -0.2) is 8.78 Å². The number of aromatic nitrogens is 1. The monoisotopic (exact) mass is 513 g/mol. The Balaban J connectivity index is 1.93. The third kappa shape index (κ3) is 5.05. The highest BCUT2D eigenvalue weighted by molar-refractivity contribution is 9.10. The van der Waals surface area contributed by atoms with Crippen LogP contribution in [0, 0.1) is 23.2 Å². The van der Waals surface area contributed by atoms with Crippen molar-refractivity contribution in [1.29, 1.82) is 0 Å². The lowest BCUT2D eigenvalue weighted by Crippen LogP contribution is -2.53. The van der Waals surface area contributed by atoms with Crippen LogP contribution in [0.3, 0.4) is 0 Å². The van der Waals surface area contributed by atoms with Crippen molar-refractivity contribution in [2.24, 2.45) is 23.2 Å².